The average Bonchev–Trinajstić information content (AvgIpc) is 3.19. The van der Waals surface area contributed by atoms with Gasteiger partial charge < -0.3 is 14.6 Å². The number of likely N-dealkylation sites (tertiary alicyclic amines) is 1. The molecule has 0 aliphatic carbocycles. The van der Waals surface area contributed by atoms with Crippen molar-refractivity contribution in [2.75, 3.05) is 11.9 Å². The molecule has 1 aliphatic rings. The lowest BCUT2D eigenvalue weighted by molar-refractivity contribution is -0.119. The maximum absolute atomic E-state index is 12.4. The second-order valence-electron chi connectivity index (χ2n) is 5.02. The van der Waals surface area contributed by atoms with E-state index in [9.17, 15) is 9.59 Å². The third kappa shape index (κ3) is 2.81. The van der Waals surface area contributed by atoms with Crippen LogP contribution >= 0.6 is 0 Å². The number of nitrogens with one attached hydrogen (secondary N) is 1. The van der Waals surface area contributed by atoms with Crippen LogP contribution in [0.3, 0.4) is 0 Å². The molecule has 1 unspecified atom stereocenters. The van der Waals surface area contributed by atoms with Crippen molar-refractivity contribution in [1.82, 2.24) is 4.90 Å². The molecule has 5 nitrogen and oxygen atoms in total. The van der Waals surface area contributed by atoms with Gasteiger partial charge in [0.05, 0.1) is 11.8 Å². The van der Waals surface area contributed by atoms with E-state index in [2.05, 4.69) is 5.32 Å². The molecule has 1 saturated heterocycles. The van der Waals surface area contributed by atoms with Gasteiger partial charge in [0.15, 0.2) is 0 Å². The first-order valence-electron chi connectivity index (χ1n) is 6.95. The molecule has 0 spiro atoms. The molecule has 1 aromatic heterocycles. The van der Waals surface area contributed by atoms with Crippen LogP contribution < -0.4 is 5.32 Å². The first kappa shape index (κ1) is 13.4. The number of rotatable bonds is 3. The zero-order chi connectivity index (χ0) is 14.7. The number of hydrogen-bond donors (Lipinski definition) is 1. The summed E-state index contributed by atoms with van der Waals surface area (Å²) in [6.07, 6.45) is 4.38. The highest BCUT2D eigenvalue weighted by Gasteiger charge is 2.34. The van der Waals surface area contributed by atoms with Gasteiger partial charge in [-0.2, -0.15) is 0 Å². The summed E-state index contributed by atoms with van der Waals surface area (Å²) in [6, 6.07) is 10.5. The normalized spacial score (nSPS) is 17.7. The molecule has 1 aliphatic heterocycles. The fourth-order valence-electron chi connectivity index (χ4n) is 2.58. The lowest BCUT2D eigenvalue weighted by Gasteiger charge is -2.23. The van der Waals surface area contributed by atoms with E-state index in [0.717, 1.165) is 12.1 Å². The van der Waals surface area contributed by atoms with Gasteiger partial charge in [0.2, 0.25) is 5.91 Å². The predicted molar refractivity (Wildman–Crippen MR) is 77.8 cm³/mol. The molecule has 1 fully saturated rings. The van der Waals surface area contributed by atoms with E-state index in [0.29, 0.717) is 18.5 Å². The summed E-state index contributed by atoms with van der Waals surface area (Å²) in [4.78, 5) is 26.3. The van der Waals surface area contributed by atoms with Gasteiger partial charge in [-0.25, -0.2) is 0 Å². The van der Waals surface area contributed by atoms with Crippen LogP contribution in [0.1, 0.15) is 23.2 Å². The van der Waals surface area contributed by atoms with Crippen molar-refractivity contribution in [3.05, 3.63) is 54.5 Å². The van der Waals surface area contributed by atoms with Crippen molar-refractivity contribution in [2.45, 2.75) is 18.9 Å². The van der Waals surface area contributed by atoms with Crippen LogP contribution in [-0.2, 0) is 4.79 Å². The Kier molecular flexibility index (Phi) is 3.73. The molecule has 0 bridgehead atoms. The number of furan rings is 1. The summed E-state index contributed by atoms with van der Waals surface area (Å²) >= 11 is 0. The Morgan fingerprint density at radius 1 is 1.19 bits per heavy atom. The molecule has 5 heteroatoms. The number of para-hydroxylation sites is 1. The van der Waals surface area contributed by atoms with Gasteiger partial charge in [0.25, 0.3) is 5.91 Å². The van der Waals surface area contributed by atoms with Crippen LogP contribution in [0.2, 0.25) is 0 Å². The van der Waals surface area contributed by atoms with Crippen LogP contribution in [0.5, 0.6) is 0 Å². The molecule has 0 saturated carbocycles. The number of carbonyl (C=O) groups excluding carboxylic acids is 2. The summed E-state index contributed by atoms with van der Waals surface area (Å²) in [5, 5.41) is 2.86. The topological polar surface area (TPSA) is 62.6 Å². The van der Waals surface area contributed by atoms with Crippen LogP contribution in [0, 0.1) is 0 Å². The standard InChI is InChI=1S/C16H16N2O3/c19-15(17-13-5-2-1-3-6-13)14-7-4-9-18(14)16(20)12-8-10-21-11-12/h1-3,5-6,8,10-11,14H,4,7,9H2,(H,17,19). The summed E-state index contributed by atoms with van der Waals surface area (Å²) in [5.41, 5.74) is 1.22. The fourth-order valence-corrected chi connectivity index (χ4v) is 2.58. The third-order valence-corrected chi connectivity index (χ3v) is 3.63. The molecule has 1 atom stereocenters. The zero-order valence-electron chi connectivity index (χ0n) is 11.5. The highest BCUT2D eigenvalue weighted by atomic mass is 16.3. The minimum Gasteiger partial charge on any atom is -0.472 e. The molecule has 1 aromatic carbocycles. The molecular weight excluding hydrogens is 268 g/mol. The van der Waals surface area contributed by atoms with Gasteiger partial charge in [0, 0.05) is 12.2 Å². The van der Waals surface area contributed by atoms with E-state index >= 15 is 0 Å². The molecule has 21 heavy (non-hydrogen) atoms. The van der Waals surface area contributed by atoms with Crippen LogP contribution in [-0.4, -0.2) is 29.3 Å². The van der Waals surface area contributed by atoms with Crippen molar-refractivity contribution < 1.29 is 14.0 Å². The molecule has 2 amide bonds. The largest absolute Gasteiger partial charge is 0.472 e. The van der Waals surface area contributed by atoms with Gasteiger partial charge in [-0.05, 0) is 31.0 Å². The number of carbonyl (C=O) groups is 2. The summed E-state index contributed by atoms with van der Waals surface area (Å²) in [6.45, 7) is 0.594. The van der Waals surface area contributed by atoms with Gasteiger partial charge in [-0.1, -0.05) is 18.2 Å². The average molecular weight is 284 g/mol. The molecule has 3 rings (SSSR count). The first-order valence-corrected chi connectivity index (χ1v) is 6.95. The second kappa shape index (κ2) is 5.83. The van der Waals surface area contributed by atoms with E-state index in [1.165, 1.54) is 12.5 Å². The highest BCUT2D eigenvalue weighted by Crippen LogP contribution is 2.22. The van der Waals surface area contributed by atoms with E-state index < -0.39 is 6.04 Å². The molecule has 0 radical (unpaired) electrons. The Hall–Kier alpha value is -2.56. The number of benzene rings is 1. The first-order chi connectivity index (χ1) is 10.3. The Morgan fingerprint density at radius 2 is 2.00 bits per heavy atom. The van der Waals surface area contributed by atoms with Crippen molar-refractivity contribution in [2.24, 2.45) is 0 Å². The maximum atomic E-state index is 12.4. The van der Waals surface area contributed by atoms with Crippen molar-refractivity contribution in [1.29, 1.82) is 0 Å². The number of hydrogen-bond acceptors (Lipinski definition) is 3. The molecular formula is C16H16N2O3. The Balaban J connectivity index is 1.72. The lowest BCUT2D eigenvalue weighted by atomic mass is 10.2. The SMILES string of the molecule is O=C(Nc1ccccc1)C1CCCN1C(=O)c1ccoc1. The van der Waals surface area contributed by atoms with E-state index in [4.69, 9.17) is 4.42 Å². The summed E-state index contributed by atoms with van der Waals surface area (Å²) < 4.78 is 4.94. The molecule has 1 N–H and O–H groups in total. The van der Waals surface area contributed by atoms with E-state index in [-0.39, 0.29) is 11.8 Å². The molecule has 108 valence electrons. The maximum Gasteiger partial charge on any atom is 0.257 e. The summed E-state index contributed by atoms with van der Waals surface area (Å²) in [7, 11) is 0. The van der Waals surface area contributed by atoms with Crippen molar-refractivity contribution in [3.8, 4) is 0 Å². The monoisotopic (exact) mass is 284 g/mol. The Morgan fingerprint density at radius 3 is 2.71 bits per heavy atom. The fraction of sp³-hybridized carbons (Fsp3) is 0.250. The third-order valence-electron chi connectivity index (χ3n) is 3.63. The Labute approximate surface area is 122 Å². The van der Waals surface area contributed by atoms with E-state index in [1.54, 1.807) is 11.0 Å². The van der Waals surface area contributed by atoms with Gasteiger partial charge >= 0.3 is 0 Å². The van der Waals surface area contributed by atoms with Gasteiger partial charge in [-0.15, -0.1) is 0 Å². The summed E-state index contributed by atoms with van der Waals surface area (Å²) in [5.74, 6) is -0.301. The number of nitrogens with zero attached hydrogens (tertiary/aromatic N) is 1. The van der Waals surface area contributed by atoms with Gasteiger partial charge in [-0.3, -0.25) is 9.59 Å². The lowest BCUT2D eigenvalue weighted by Crippen LogP contribution is -2.43. The smallest absolute Gasteiger partial charge is 0.257 e. The van der Waals surface area contributed by atoms with Crippen LogP contribution in [0.25, 0.3) is 0 Å². The Bertz CT molecular complexity index is 622. The van der Waals surface area contributed by atoms with Crippen LogP contribution in [0.15, 0.2) is 53.3 Å². The predicted octanol–water partition coefficient (Wildman–Crippen LogP) is 2.52. The number of amides is 2. The van der Waals surface area contributed by atoms with Crippen LogP contribution in [0.4, 0.5) is 5.69 Å². The van der Waals surface area contributed by atoms with E-state index in [1.807, 2.05) is 30.3 Å². The quantitative estimate of drug-likeness (QED) is 0.942. The highest BCUT2D eigenvalue weighted by molar-refractivity contribution is 6.01. The number of anilines is 1. The molecule has 2 heterocycles. The minimum absolute atomic E-state index is 0.143. The van der Waals surface area contributed by atoms with Crippen molar-refractivity contribution in [3.63, 3.8) is 0 Å². The van der Waals surface area contributed by atoms with Crippen molar-refractivity contribution >= 4 is 17.5 Å². The minimum atomic E-state index is -0.424. The molecule has 2 aromatic rings. The second-order valence-corrected chi connectivity index (χ2v) is 5.02. The van der Waals surface area contributed by atoms with Gasteiger partial charge in [0.1, 0.15) is 12.3 Å². The zero-order valence-corrected chi connectivity index (χ0v) is 11.5.